The number of aromatic nitrogens is 1. The molecule has 0 aliphatic heterocycles. The van der Waals surface area contributed by atoms with Gasteiger partial charge in [-0.1, -0.05) is 56.3 Å². The summed E-state index contributed by atoms with van der Waals surface area (Å²) in [5, 5.41) is 2.95. The van der Waals surface area contributed by atoms with Gasteiger partial charge < -0.3 is 14.2 Å². The molecule has 5 heteroatoms. The van der Waals surface area contributed by atoms with Crippen LogP contribution >= 0.6 is 0 Å². The van der Waals surface area contributed by atoms with Gasteiger partial charge in [0.1, 0.15) is 17.0 Å². The average Bonchev–Trinajstić information content (AvgIpc) is 3.51. The fourth-order valence-corrected chi connectivity index (χ4v) is 3.85. The molecular weight excluding hydrogens is 436 g/mol. The zero-order chi connectivity index (χ0) is 24.4. The maximum atomic E-state index is 12.6. The second kappa shape index (κ2) is 9.47. The van der Waals surface area contributed by atoms with Gasteiger partial charge in [0.05, 0.1) is 0 Å². The lowest BCUT2D eigenvalue weighted by atomic mass is 10.0. The van der Waals surface area contributed by atoms with E-state index in [1.807, 2.05) is 73.7 Å². The maximum Gasteiger partial charge on any atom is 0.248 e. The first kappa shape index (κ1) is 22.4. The Morgan fingerprint density at radius 1 is 0.914 bits per heavy atom. The van der Waals surface area contributed by atoms with Crippen molar-refractivity contribution in [3.8, 4) is 22.8 Å². The van der Waals surface area contributed by atoms with E-state index in [-0.39, 0.29) is 5.91 Å². The zero-order valence-electron chi connectivity index (χ0n) is 19.9. The molecule has 174 valence electrons. The van der Waals surface area contributed by atoms with Crippen LogP contribution in [0.3, 0.4) is 0 Å². The molecular formula is C30H26N2O3. The summed E-state index contributed by atoms with van der Waals surface area (Å²) < 4.78 is 11.8. The van der Waals surface area contributed by atoms with Crippen LogP contribution in [0.4, 0.5) is 5.69 Å². The zero-order valence-corrected chi connectivity index (χ0v) is 19.9. The smallest absolute Gasteiger partial charge is 0.248 e. The number of carbonyl (C=O) groups is 1. The molecule has 5 aromatic rings. The largest absolute Gasteiger partial charge is 0.457 e. The average molecular weight is 463 g/mol. The third-order valence-electron chi connectivity index (χ3n) is 5.90. The number of nitrogens with zero attached hydrogens (tertiary/aromatic N) is 1. The predicted octanol–water partition coefficient (Wildman–Crippen LogP) is 7.84. The van der Waals surface area contributed by atoms with Gasteiger partial charge in [0, 0.05) is 22.9 Å². The van der Waals surface area contributed by atoms with Crippen molar-refractivity contribution in [2.45, 2.75) is 26.7 Å². The number of carbonyl (C=O) groups excluding carboxylic acids is 1. The van der Waals surface area contributed by atoms with E-state index in [1.54, 1.807) is 6.08 Å². The normalized spacial score (nSPS) is 11.5. The summed E-state index contributed by atoms with van der Waals surface area (Å²) in [4.78, 5) is 17.3. The van der Waals surface area contributed by atoms with Crippen LogP contribution in [0.5, 0.6) is 0 Å². The molecule has 0 radical (unpaired) electrons. The van der Waals surface area contributed by atoms with Gasteiger partial charge in [-0.2, -0.15) is 0 Å². The first-order chi connectivity index (χ1) is 17.0. The van der Waals surface area contributed by atoms with Crippen molar-refractivity contribution in [2.24, 2.45) is 0 Å². The van der Waals surface area contributed by atoms with E-state index < -0.39 is 0 Å². The van der Waals surface area contributed by atoms with Crippen molar-refractivity contribution >= 4 is 28.8 Å². The standard InChI is InChI=1S/C30H26N2O3/c1-19(2)22-11-14-28-26(17-22)32-30(35-28)23-10-9-20(3)25(18-23)31-29(33)16-13-24-12-15-27(34-24)21-7-5-4-6-8-21/h4-19H,1-3H3,(H,31,33)/b16-13+. The maximum absolute atomic E-state index is 12.6. The number of furan rings is 1. The van der Waals surface area contributed by atoms with Crippen LogP contribution in [0.1, 0.15) is 36.7 Å². The summed E-state index contributed by atoms with van der Waals surface area (Å²) in [5.41, 5.74) is 6.22. The molecule has 0 spiro atoms. The number of amides is 1. The number of hydrogen-bond acceptors (Lipinski definition) is 4. The Balaban J connectivity index is 1.32. The van der Waals surface area contributed by atoms with Gasteiger partial charge in [0.25, 0.3) is 0 Å². The minimum atomic E-state index is -0.248. The van der Waals surface area contributed by atoms with Crippen LogP contribution in [0.25, 0.3) is 40.0 Å². The first-order valence-corrected chi connectivity index (χ1v) is 11.6. The van der Waals surface area contributed by atoms with E-state index >= 15 is 0 Å². The topological polar surface area (TPSA) is 68.3 Å². The first-order valence-electron chi connectivity index (χ1n) is 11.6. The van der Waals surface area contributed by atoms with E-state index in [9.17, 15) is 4.79 Å². The highest BCUT2D eigenvalue weighted by Crippen LogP contribution is 2.30. The summed E-state index contributed by atoms with van der Waals surface area (Å²) >= 11 is 0. The van der Waals surface area contributed by atoms with Gasteiger partial charge in [-0.25, -0.2) is 4.98 Å². The minimum Gasteiger partial charge on any atom is -0.457 e. The molecule has 35 heavy (non-hydrogen) atoms. The monoisotopic (exact) mass is 462 g/mol. The second-order valence-electron chi connectivity index (χ2n) is 8.82. The fraction of sp³-hybridized carbons (Fsp3) is 0.133. The molecule has 0 aliphatic carbocycles. The van der Waals surface area contributed by atoms with Crippen molar-refractivity contribution in [1.29, 1.82) is 0 Å². The molecule has 0 bridgehead atoms. The summed E-state index contributed by atoms with van der Waals surface area (Å²) in [6, 6.07) is 25.4. The van der Waals surface area contributed by atoms with Crippen molar-refractivity contribution < 1.29 is 13.6 Å². The van der Waals surface area contributed by atoms with E-state index in [0.29, 0.717) is 23.3 Å². The number of rotatable bonds is 6. The van der Waals surface area contributed by atoms with Gasteiger partial charge in [-0.05, 0) is 66.4 Å². The molecule has 1 amide bonds. The van der Waals surface area contributed by atoms with Crippen molar-refractivity contribution in [1.82, 2.24) is 4.98 Å². The number of benzene rings is 3. The SMILES string of the molecule is Cc1ccc(-c2nc3cc(C(C)C)ccc3o2)cc1NC(=O)/C=C/c1ccc(-c2ccccc2)o1. The molecule has 3 aromatic carbocycles. The molecule has 0 aliphatic rings. The number of nitrogens with one attached hydrogen (secondary N) is 1. The van der Waals surface area contributed by atoms with Gasteiger partial charge in [-0.15, -0.1) is 0 Å². The Labute approximate surface area is 204 Å². The van der Waals surface area contributed by atoms with Crippen molar-refractivity contribution in [3.63, 3.8) is 0 Å². The van der Waals surface area contributed by atoms with Gasteiger partial charge >= 0.3 is 0 Å². The molecule has 0 fully saturated rings. The molecule has 0 unspecified atom stereocenters. The molecule has 5 rings (SSSR count). The molecule has 5 nitrogen and oxygen atoms in total. The Morgan fingerprint density at radius 3 is 2.54 bits per heavy atom. The Kier molecular flexibility index (Phi) is 6.06. The van der Waals surface area contributed by atoms with E-state index in [4.69, 9.17) is 8.83 Å². The van der Waals surface area contributed by atoms with Crippen LogP contribution in [0, 0.1) is 6.92 Å². The summed E-state index contributed by atoms with van der Waals surface area (Å²) in [6.07, 6.45) is 3.13. The number of hydrogen-bond donors (Lipinski definition) is 1. The lowest BCUT2D eigenvalue weighted by molar-refractivity contribution is -0.111. The van der Waals surface area contributed by atoms with Crippen LogP contribution in [0.15, 0.2) is 93.8 Å². The van der Waals surface area contributed by atoms with Gasteiger partial charge in [0.2, 0.25) is 11.8 Å². The molecule has 2 aromatic heterocycles. The lowest BCUT2D eigenvalue weighted by Gasteiger charge is -2.07. The van der Waals surface area contributed by atoms with E-state index in [0.717, 1.165) is 33.6 Å². The Hall–Kier alpha value is -4.38. The van der Waals surface area contributed by atoms with Crippen molar-refractivity contribution in [2.75, 3.05) is 5.32 Å². The van der Waals surface area contributed by atoms with Gasteiger partial charge in [0.15, 0.2) is 5.58 Å². The third-order valence-corrected chi connectivity index (χ3v) is 5.90. The highest BCUT2D eigenvalue weighted by Gasteiger charge is 2.12. The number of fused-ring (bicyclic) bond motifs is 1. The van der Waals surface area contributed by atoms with E-state index in [1.165, 1.54) is 11.6 Å². The molecule has 2 heterocycles. The second-order valence-corrected chi connectivity index (χ2v) is 8.82. The van der Waals surface area contributed by atoms with Crippen molar-refractivity contribution in [3.05, 3.63) is 102 Å². The van der Waals surface area contributed by atoms with Crippen LogP contribution in [-0.4, -0.2) is 10.9 Å². The molecule has 0 saturated heterocycles. The minimum absolute atomic E-state index is 0.248. The summed E-state index contributed by atoms with van der Waals surface area (Å²) in [6.45, 7) is 6.25. The number of anilines is 1. The third kappa shape index (κ3) is 4.94. The van der Waals surface area contributed by atoms with Crippen LogP contribution in [-0.2, 0) is 4.79 Å². The molecule has 0 atom stereocenters. The van der Waals surface area contributed by atoms with Gasteiger partial charge in [-0.3, -0.25) is 4.79 Å². The quantitative estimate of drug-likeness (QED) is 0.261. The Bertz CT molecular complexity index is 1520. The summed E-state index contributed by atoms with van der Waals surface area (Å²) in [5.74, 6) is 2.06. The van der Waals surface area contributed by atoms with Crippen LogP contribution < -0.4 is 5.32 Å². The molecule has 1 N–H and O–H groups in total. The fourth-order valence-electron chi connectivity index (χ4n) is 3.85. The summed E-state index contributed by atoms with van der Waals surface area (Å²) in [7, 11) is 0. The Morgan fingerprint density at radius 2 is 1.74 bits per heavy atom. The highest BCUT2D eigenvalue weighted by atomic mass is 16.3. The lowest BCUT2D eigenvalue weighted by Crippen LogP contribution is -2.09. The van der Waals surface area contributed by atoms with E-state index in [2.05, 4.69) is 36.3 Å². The number of oxazole rings is 1. The highest BCUT2D eigenvalue weighted by molar-refractivity contribution is 6.02. The molecule has 0 saturated carbocycles. The predicted molar refractivity (Wildman–Crippen MR) is 140 cm³/mol. The number of aryl methyl sites for hydroxylation is 1. The van der Waals surface area contributed by atoms with Crippen LogP contribution in [0.2, 0.25) is 0 Å².